The van der Waals surface area contributed by atoms with Gasteiger partial charge in [-0.2, -0.15) is 0 Å². The molecule has 0 saturated carbocycles. The summed E-state index contributed by atoms with van der Waals surface area (Å²) in [6, 6.07) is 22.0. The van der Waals surface area contributed by atoms with Crippen LogP contribution in [0, 0.1) is 20.8 Å². The number of carbonyl (C=O) groups excluding carboxylic acids is 2. The van der Waals surface area contributed by atoms with E-state index in [2.05, 4.69) is 10.6 Å². The zero-order valence-electron chi connectivity index (χ0n) is 19.5. The van der Waals surface area contributed by atoms with E-state index in [1.54, 1.807) is 18.2 Å². The van der Waals surface area contributed by atoms with Crippen LogP contribution in [0.1, 0.15) is 32.6 Å². The number of hydrogen-bond donors (Lipinski definition) is 2. The molecule has 0 radical (unpaired) electrons. The molecule has 4 rings (SSSR count). The van der Waals surface area contributed by atoms with Gasteiger partial charge in [-0.1, -0.05) is 66.2 Å². The highest BCUT2D eigenvalue weighted by Gasteiger charge is 2.17. The number of amides is 2. The van der Waals surface area contributed by atoms with Gasteiger partial charge in [0.1, 0.15) is 6.54 Å². The van der Waals surface area contributed by atoms with Crippen LogP contribution in [-0.4, -0.2) is 16.4 Å². The van der Waals surface area contributed by atoms with Crippen LogP contribution < -0.4 is 16.2 Å². The molecule has 2 N–H and O–H groups in total. The highest BCUT2D eigenvalue weighted by atomic mass is 16.2. The monoisotopic (exact) mass is 453 g/mol. The number of nitrogens with one attached hydrogen (secondary N) is 2. The molecule has 2 amide bonds. The predicted octanol–water partition coefficient (Wildman–Crippen LogP) is 4.50. The molecule has 0 aliphatic carbocycles. The second-order valence-electron chi connectivity index (χ2n) is 8.49. The zero-order chi connectivity index (χ0) is 24.2. The van der Waals surface area contributed by atoms with E-state index in [-0.39, 0.29) is 18.4 Å². The second-order valence-corrected chi connectivity index (χ2v) is 8.49. The number of aryl methyl sites for hydroxylation is 3. The summed E-state index contributed by atoms with van der Waals surface area (Å²) in [5, 5.41) is 6.44. The lowest BCUT2D eigenvalue weighted by molar-refractivity contribution is -0.116. The van der Waals surface area contributed by atoms with Gasteiger partial charge in [-0.25, -0.2) is 0 Å². The van der Waals surface area contributed by atoms with Gasteiger partial charge < -0.3 is 10.6 Å². The van der Waals surface area contributed by atoms with Crippen LogP contribution in [0.2, 0.25) is 0 Å². The van der Waals surface area contributed by atoms with Gasteiger partial charge in [-0.05, 0) is 43.5 Å². The maximum Gasteiger partial charge on any atom is 0.252 e. The molecule has 0 atom stereocenters. The third-order valence-electron chi connectivity index (χ3n) is 5.80. The van der Waals surface area contributed by atoms with Crippen LogP contribution in [0.5, 0.6) is 0 Å². The molecule has 6 nitrogen and oxygen atoms in total. The molecule has 1 heterocycles. The van der Waals surface area contributed by atoms with Crippen molar-refractivity contribution in [2.75, 3.05) is 5.32 Å². The Morgan fingerprint density at radius 3 is 2.21 bits per heavy atom. The third kappa shape index (κ3) is 4.91. The fourth-order valence-electron chi connectivity index (χ4n) is 4.26. The topological polar surface area (TPSA) is 80.2 Å². The van der Waals surface area contributed by atoms with E-state index in [4.69, 9.17) is 0 Å². The van der Waals surface area contributed by atoms with Crippen LogP contribution in [0.25, 0.3) is 10.9 Å². The second kappa shape index (κ2) is 9.75. The molecule has 172 valence electrons. The Morgan fingerprint density at radius 1 is 0.853 bits per heavy atom. The summed E-state index contributed by atoms with van der Waals surface area (Å²) in [6.45, 7) is 6.10. The van der Waals surface area contributed by atoms with Crippen molar-refractivity contribution in [3.05, 3.63) is 111 Å². The van der Waals surface area contributed by atoms with E-state index in [0.29, 0.717) is 23.0 Å². The molecule has 0 unspecified atom stereocenters. The van der Waals surface area contributed by atoms with E-state index in [1.165, 1.54) is 10.6 Å². The van der Waals surface area contributed by atoms with Crippen LogP contribution >= 0.6 is 0 Å². The van der Waals surface area contributed by atoms with Gasteiger partial charge >= 0.3 is 0 Å². The van der Waals surface area contributed by atoms with E-state index < -0.39 is 5.56 Å². The quantitative estimate of drug-likeness (QED) is 0.451. The largest absolute Gasteiger partial charge is 0.348 e. The number of nitrogens with zero attached hydrogens (tertiary/aromatic N) is 1. The molecule has 4 aromatic rings. The maximum atomic E-state index is 13.0. The minimum atomic E-state index is -0.406. The fraction of sp³-hybridized carbons (Fsp3) is 0.179. The SMILES string of the molecule is Cc1cc(C)c(NC(=O)Cn2c(=O)cc(C(=O)NCc3ccccc3)c3ccccc32)c(C)c1. The smallest absolute Gasteiger partial charge is 0.252 e. The molecule has 34 heavy (non-hydrogen) atoms. The summed E-state index contributed by atoms with van der Waals surface area (Å²) in [5.74, 6) is -0.636. The van der Waals surface area contributed by atoms with E-state index >= 15 is 0 Å². The number of hydrogen-bond acceptors (Lipinski definition) is 3. The first kappa shape index (κ1) is 23.0. The summed E-state index contributed by atoms with van der Waals surface area (Å²) in [7, 11) is 0. The number of para-hydroxylation sites is 1. The number of fused-ring (bicyclic) bond motifs is 1. The summed E-state index contributed by atoms with van der Waals surface area (Å²) in [4.78, 5) is 38.8. The Bertz CT molecular complexity index is 1420. The Morgan fingerprint density at radius 2 is 1.50 bits per heavy atom. The zero-order valence-corrected chi connectivity index (χ0v) is 19.5. The van der Waals surface area contributed by atoms with Crippen molar-refractivity contribution >= 4 is 28.4 Å². The van der Waals surface area contributed by atoms with Crippen molar-refractivity contribution in [3.63, 3.8) is 0 Å². The minimum Gasteiger partial charge on any atom is -0.348 e. The van der Waals surface area contributed by atoms with E-state index in [1.807, 2.05) is 69.3 Å². The summed E-state index contributed by atoms with van der Waals surface area (Å²) in [6.07, 6.45) is 0. The summed E-state index contributed by atoms with van der Waals surface area (Å²) >= 11 is 0. The lowest BCUT2D eigenvalue weighted by atomic mass is 10.1. The van der Waals surface area contributed by atoms with Crippen LogP contribution in [0.3, 0.4) is 0 Å². The standard InChI is InChI=1S/C28H27N3O3/c1-18-13-19(2)27(20(3)14-18)30-25(32)17-31-24-12-8-7-11-22(24)23(15-26(31)33)28(34)29-16-21-9-5-4-6-10-21/h4-15H,16-17H2,1-3H3,(H,29,34)(H,30,32). The number of rotatable bonds is 6. The number of benzene rings is 3. The van der Waals surface area contributed by atoms with Gasteiger partial charge in [0.25, 0.3) is 11.5 Å². The fourth-order valence-corrected chi connectivity index (χ4v) is 4.26. The van der Waals surface area contributed by atoms with Crippen LogP contribution in [0.4, 0.5) is 5.69 Å². The highest BCUT2D eigenvalue weighted by molar-refractivity contribution is 6.06. The molecule has 0 aliphatic heterocycles. The lowest BCUT2D eigenvalue weighted by Gasteiger charge is -2.16. The molecule has 0 fully saturated rings. The first-order valence-electron chi connectivity index (χ1n) is 11.2. The number of carbonyl (C=O) groups is 2. The Labute approximate surface area is 198 Å². The van der Waals surface area contributed by atoms with Gasteiger partial charge in [-0.15, -0.1) is 0 Å². The predicted molar refractivity (Wildman–Crippen MR) is 135 cm³/mol. The highest BCUT2D eigenvalue weighted by Crippen LogP contribution is 2.22. The molecule has 3 aromatic carbocycles. The lowest BCUT2D eigenvalue weighted by Crippen LogP contribution is -2.31. The van der Waals surface area contributed by atoms with Gasteiger partial charge in [0, 0.05) is 23.7 Å². The van der Waals surface area contributed by atoms with Gasteiger partial charge in [-0.3, -0.25) is 19.0 Å². The van der Waals surface area contributed by atoms with Crippen molar-refractivity contribution in [1.29, 1.82) is 0 Å². The van der Waals surface area contributed by atoms with Crippen molar-refractivity contribution in [3.8, 4) is 0 Å². The first-order chi connectivity index (χ1) is 16.3. The van der Waals surface area contributed by atoms with Crippen molar-refractivity contribution in [2.45, 2.75) is 33.9 Å². The van der Waals surface area contributed by atoms with Gasteiger partial charge in [0.2, 0.25) is 5.91 Å². The van der Waals surface area contributed by atoms with Crippen LogP contribution in [-0.2, 0) is 17.9 Å². The Kier molecular flexibility index (Phi) is 6.59. The van der Waals surface area contributed by atoms with Crippen molar-refractivity contribution in [1.82, 2.24) is 9.88 Å². The molecule has 0 saturated heterocycles. The maximum absolute atomic E-state index is 13.0. The minimum absolute atomic E-state index is 0.155. The molecular weight excluding hydrogens is 426 g/mol. The number of pyridine rings is 1. The molecular formula is C28H27N3O3. The number of aromatic nitrogens is 1. The summed E-state index contributed by atoms with van der Waals surface area (Å²) < 4.78 is 1.40. The number of anilines is 1. The molecule has 6 heteroatoms. The molecule has 0 spiro atoms. The van der Waals surface area contributed by atoms with E-state index in [0.717, 1.165) is 27.9 Å². The Balaban J connectivity index is 1.61. The van der Waals surface area contributed by atoms with Gasteiger partial charge in [0.05, 0.1) is 11.1 Å². The average Bonchev–Trinajstić information content (AvgIpc) is 2.82. The summed E-state index contributed by atoms with van der Waals surface area (Å²) in [5.41, 5.74) is 5.19. The first-order valence-corrected chi connectivity index (χ1v) is 11.2. The van der Waals surface area contributed by atoms with Crippen molar-refractivity contribution in [2.24, 2.45) is 0 Å². The molecule has 0 aliphatic rings. The normalized spacial score (nSPS) is 10.8. The van der Waals surface area contributed by atoms with Crippen molar-refractivity contribution < 1.29 is 9.59 Å². The Hall–Kier alpha value is -4.19. The molecule has 0 bridgehead atoms. The van der Waals surface area contributed by atoms with E-state index in [9.17, 15) is 14.4 Å². The van der Waals surface area contributed by atoms with Crippen LogP contribution in [0.15, 0.2) is 77.6 Å². The van der Waals surface area contributed by atoms with Gasteiger partial charge in [0.15, 0.2) is 0 Å². The third-order valence-corrected chi connectivity index (χ3v) is 5.80. The molecule has 1 aromatic heterocycles. The average molecular weight is 454 g/mol.